The summed E-state index contributed by atoms with van der Waals surface area (Å²) < 4.78 is 29.0. The Hall–Kier alpha value is -1.04. The lowest BCUT2D eigenvalue weighted by Crippen LogP contribution is -3.00. The summed E-state index contributed by atoms with van der Waals surface area (Å²) in [5, 5.41) is 8.63. The van der Waals surface area contributed by atoms with E-state index in [1.807, 2.05) is 31.2 Å². The largest absolute Gasteiger partial charge is 1.00 e. The van der Waals surface area contributed by atoms with Gasteiger partial charge in [-0.15, -0.1) is 0 Å². The summed E-state index contributed by atoms with van der Waals surface area (Å²) in [6, 6.07) is 7.84. The second kappa shape index (κ2) is 8.56. The zero-order valence-corrected chi connectivity index (χ0v) is 7.55. The average Bonchev–Trinajstić information content (AvgIpc) is 2.05. The molecule has 0 heterocycles. The van der Waals surface area contributed by atoms with Gasteiger partial charge in [0.1, 0.15) is 0 Å². The van der Waals surface area contributed by atoms with Crippen LogP contribution in [0.25, 0.3) is 0 Å². The minimum atomic E-state index is -3.67. The van der Waals surface area contributed by atoms with Gasteiger partial charge in [0.2, 0.25) is 0 Å². The topological polar surface area (TPSA) is 20.2 Å². The zero-order chi connectivity index (χ0) is 10.3. The van der Waals surface area contributed by atoms with E-state index in [9.17, 15) is 12.9 Å². The van der Waals surface area contributed by atoms with E-state index in [1.54, 1.807) is 0 Å². The van der Waals surface area contributed by atoms with Gasteiger partial charge >= 0.3 is 7.54 Å². The van der Waals surface area contributed by atoms with Crippen LogP contribution in [0.1, 0.15) is 11.1 Å². The molecule has 1 aromatic rings. The molecule has 0 bridgehead atoms. The van der Waals surface area contributed by atoms with E-state index < -0.39 is 7.54 Å². The summed E-state index contributed by atoms with van der Waals surface area (Å²) >= 11 is 0. The van der Waals surface area contributed by atoms with Crippen molar-refractivity contribution in [1.82, 2.24) is 0 Å². The van der Waals surface area contributed by atoms with Crippen LogP contribution in [-0.4, -0.2) is 12.7 Å². The Balaban J connectivity index is 0. The molecule has 0 radical (unpaired) electrons. The van der Waals surface area contributed by atoms with Gasteiger partial charge in [-0.2, -0.15) is 0 Å². The van der Waals surface area contributed by atoms with Crippen LogP contribution in [-0.2, 0) is 6.61 Å². The van der Waals surface area contributed by atoms with E-state index in [0.29, 0.717) is 0 Å². The highest BCUT2D eigenvalue weighted by molar-refractivity contribution is 6.33. The molecule has 0 atom stereocenters. The third kappa shape index (κ3) is 9.06. The van der Waals surface area contributed by atoms with Crippen molar-refractivity contribution in [3.8, 4) is 0 Å². The molecule has 0 spiro atoms. The van der Waals surface area contributed by atoms with Crippen LogP contribution in [0.4, 0.5) is 12.9 Å². The molecule has 80 valence electrons. The van der Waals surface area contributed by atoms with Gasteiger partial charge in [-0.25, -0.2) is 0 Å². The molecule has 0 aliphatic rings. The first-order chi connectivity index (χ1) is 6.06. The molecule has 6 heteroatoms. The van der Waals surface area contributed by atoms with Crippen LogP contribution in [0.3, 0.4) is 0 Å². The zero-order valence-electron chi connectivity index (χ0n) is 7.55. The summed E-state index contributed by atoms with van der Waals surface area (Å²) in [6.45, 7) is 2.17. The van der Waals surface area contributed by atoms with Gasteiger partial charge < -0.3 is 9.81 Å². The summed E-state index contributed by atoms with van der Waals surface area (Å²) in [5.41, 5.74) is 2.20. The third-order valence-electron chi connectivity index (χ3n) is 1.30. The average molecular weight is 209 g/mol. The SMILES string of the molecule is Cc1ccc(CO)cc1.FB(F)F.[F-]. The van der Waals surface area contributed by atoms with Crippen molar-refractivity contribution in [3.05, 3.63) is 35.4 Å². The normalized spacial score (nSPS) is 8.07. The highest BCUT2D eigenvalue weighted by Gasteiger charge is 2.06. The quantitative estimate of drug-likeness (QED) is 0.482. The maximum Gasteiger partial charge on any atom is 0.762 e. The molecule has 0 aliphatic heterocycles. The van der Waals surface area contributed by atoms with Gasteiger partial charge in [-0.05, 0) is 12.5 Å². The lowest BCUT2D eigenvalue weighted by atomic mass is 10.2. The fourth-order valence-corrected chi connectivity index (χ4v) is 0.693. The summed E-state index contributed by atoms with van der Waals surface area (Å²) in [7, 11) is -3.67. The number of aryl methyl sites for hydroxylation is 1. The number of benzene rings is 1. The van der Waals surface area contributed by atoms with E-state index in [1.165, 1.54) is 5.56 Å². The van der Waals surface area contributed by atoms with Gasteiger partial charge in [-0.1, -0.05) is 29.8 Å². The Morgan fingerprint density at radius 1 is 1.14 bits per heavy atom. The fraction of sp³-hybridized carbons (Fsp3) is 0.250. The van der Waals surface area contributed by atoms with E-state index in [0.717, 1.165) is 5.56 Å². The van der Waals surface area contributed by atoms with Gasteiger partial charge in [0, 0.05) is 0 Å². The lowest BCUT2D eigenvalue weighted by molar-refractivity contribution is -0.00000651. The molecule has 0 saturated carbocycles. The third-order valence-corrected chi connectivity index (χ3v) is 1.30. The van der Waals surface area contributed by atoms with Crippen molar-refractivity contribution in [3.63, 3.8) is 0 Å². The standard InChI is InChI=1S/C8H10O.BF3.FH/c1-7-2-4-8(6-9)5-3-7;2-1(3)4;/h2-5,9H,6H2,1H3;;1H/p-1. The van der Waals surface area contributed by atoms with Gasteiger partial charge in [-0.3, -0.25) is 12.9 Å². The van der Waals surface area contributed by atoms with Crippen LogP contribution < -0.4 is 4.70 Å². The molecule has 0 fully saturated rings. The van der Waals surface area contributed by atoms with Crippen molar-refractivity contribution < 1.29 is 22.8 Å². The molecule has 0 aliphatic carbocycles. The summed E-state index contributed by atoms with van der Waals surface area (Å²) in [4.78, 5) is 0. The van der Waals surface area contributed by atoms with Gasteiger partial charge in [0.15, 0.2) is 0 Å². The van der Waals surface area contributed by atoms with E-state index in [-0.39, 0.29) is 11.3 Å². The predicted octanol–water partition coefficient (Wildman–Crippen LogP) is -0.629. The maximum atomic E-state index is 9.67. The molecule has 0 amide bonds. The Labute approximate surface area is 80.2 Å². The Kier molecular flexibility index (Phi) is 9.44. The van der Waals surface area contributed by atoms with Crippen molar-refractivity contribution in [2.75, 3.05) is 0 Å². The molecule has 1 nitrogen and oxygen atoms in total. The molecule has 0 saturated heterocycles. The van der Waals surface area contributed by atoms with Crippen molar-refractivity contribution in [2.45, 2.75) is 13.5 Å². The molecule has 1 aromatic carbocycles. The fourth-order valence-electron chi connectivity index (χ4n) is 0.693. The Morgan fingerprint density at radius 2 is 1.50 bits per heavy atom. The Bertz CT molecular complexity index is 225. The van der Waals surface area contributed by atoms with Gasteiger partial charge in [0.05, 0.1) is 6.61 Å². The second-order valence-electron chi connectivity index (χ2n) is 2.39. The highest BCUT2D eigenvalue weighted by atomic mass is 19.4. The highest BCUT2D eigenvalue weighted by Crippen LogP contribution is 2.01. The first-order valence-electron chi connectivity index (χ1n) is 3.65. The van der Waals surface area contributed by atoms with Crippen LogP contribution in [0.15, 0.2) is 24.3 Å². The number of hydrogen-bond donors (Lipinski definition) is 1. The smallest absolute Gasteiger partial charge is 0.762 e. The van der Waals surface area contributed by atoms with E-state index in [2.05, 4.69) is 0 Å². The molecule has 14 heavy (non-hydrogen) atoms. The minimum absolute atomic E-state index is 0. The van der Waals surface area contributed by atoms with Crippen LogP contribution in [0.2, 0.25) is 0 Å². The first-order valence-corrected chi connectivity index (χ1v) is 3.65. The van der Waals surface area contributed by atoms with Crippen molar-refractivity contribution in [2.24, 2.45) is 0 Å². The predicted molar refractivity (Wildman–Crippen MR) is 46.2 cm³/mol. The minimum Gasteiger partial charge on any atom is -1.00 e. The number of halogens is 4. The number of hydrogen-bond acceptors (Lipinski definition) is 1. The van der Waals surface area contributed by atoms with Crippen molar-refractivity contribution in [1.29, 1.82) is 0 Å². The number of rotatable bonds is 1. The number of aliphatic hydroxyl groups is 1. The summed E-state index contributed by atoms with van der Waals surface area (Å²) in [5.74, 6) is 0. The summed E-state index contributed by atoms with van der Waals surface area (Å²) in [6.07, 6.45) is 0. The molecular formula is C8H10BF4O-. The maximum absolute atomic E-state index is 9.67. The second-order valence-corrected chi connectivity index (χ2v) is 2.39. The van der Waals surface area contributed by atoms with Crippen molar-refractivity contribution >= 4 is 7.54 Å². The van der Waals surface area contributed by atoms with Gasteiger partial charge in [0.25, 0.3) is 0 Å². The van der Waals surface area contributed by atoms with Crippen LogP contribution in [0, 0.1) is 6.92 Å². The molecule has 1 rings (SSSR count). The molecular weight excluding hydrogens is 199 g/mol. The monoisotopic (exact) mass is 209 g/mol. The van der Waals surface area contributed by atoms with E-state index in [4.69, 9.17) is 5.11 Å². The molecule has 0 aromatic heterocycles. The van der Waals surface area contributed by atoms with Crippen LogP contribution >= 0.6 is 0 Å². The first kappa shape index (κ1) is 15.4. The van der Waals surface area contributed by atoms with E-state index >= 15 is 0 Å². The number of aliphatic hydroxyl groups excluding tert-OH is 1. The molecule has 1 N–H and O–H groups in total. The van der Waals surface area contributed by atoms with Crippen LogP contribution in [0.5, 0.6) is 0 Å². The lowest BCUT2D eigenvalue weighted by Gasteiger charge is -1.93. The Morgan fingerprint density at radius 3 is 1.79 bits per heavy atom. The molecule has 0 unspecified atom stereocenters.